The summed E-state index contributed by atoms with van der Waals surface area (Å²) in [5.41, 5.74) is 4.15. The first-order valence-corrected chi connectivity index (χ1v) is 12.6. The number of rotatable bonds is 5. The Morgan fingerprint density at radius 3 is 2.50 bits per heavy atom. The maximum absolute atomic E-state index is 13.3. The summed E-state index contributed by atoms with van der Waals surface area (Å²) >= 11 is 0. The van der Waals surface area contributed by atoms with Crippen LogP contribution >= 0.6 is 0 Å². The SMILES string of the molecule is Cc1cc(C(C)Nc2ccccc2C(=O)OC(C)(C)C)c2oc(-c3c4ccccc4nn3C)cc(=O)c2c1. The molecule has 0 bridgehead atoms. The van der Waals surface area contributed by atoms with Gasteiger partial charge in [-0.25, -0.2) is 4.79 Å². The van der Waals surface area contributed by atoms with Crippen LogP contribution in [0.25, 0.3) is 33.3 Å². The highest BCUT2D eigenvalue weighted by Gasteiger charge is 2.23. The van der Waals surface area contributed by atoms with Crippen molar-refractivity contribution in [2.24, 2.45) is 7.05 Å². The van der Waals surface area contributed by atoms with Gasteiger partial charge in [-0.15, -0.1) is 0 Å². The van der Waals surface area contributed by atoms with Crippen LogP contribution < -0.4 is 10.7 Å². The minimum absolute atomic E-state index is 0.127. The third kappa shape index (κ3) is 4.79. The van der Waals surface area contributed by atoms with Crippen LogP contribution in [0.5, 0.6) is 0 Å². The first-order valence-electron chi connectivity index (χ1n) is 12.6. The maximum atomic E-state index is 13.3. The number of fused-ring (bicyclic) bond motifs is 2. The Morgan fingerprint density at radius 2 is 1.74 bits per heavy atom. The molecule has 194 valence electrons. The molecule has 3 aromatic carbocycles. The summed E-state index contributed by atoms with van der Waals surface area (Å²) in [6, 6.07) is 20.1. The number of hydrogen-bond donors (Lipinski definition) is 1. The minimum atomic E-state index is -0.613. The Bertz CT molecular complexity index is 1740. The quantitative estimate of drug-likeness (QED) is 0.263. The van der Waals surface area contributed by atoms with Gasteiger partial charge in [0.15, 0.2) is 11.2 Å². The van der Waals surface area contributed by atoms with E-state index in [1.807, 2.05) is 90.2 Å². The number of aromatic nitrogens is 2. The van der Waals surface area contributed by atoms with E-state index in [1.54, 1.807) is 16.8 Å². The molecule has 0 aliphatic rings. The number of carbonyl (C=O) groups excluding carboxylic acids is 1. The predicted octanol–water partition coefficient (Wildman–Crippen LogP) is 6.78. The zero-order valence-corrected chi connectivity index (χ0v) is 22.5. The Labute approximate surface area is 221 Å². The van der Waals surface area contributed by atoms with Gasteiger partial charge in [-0.2, -0.15) is 5.10 Å². The van der Waals surface area contributed by atoms with Crippen LogP contribution in [0, 0.1) is 6.92 Å². The van der Waals surface area contributed by atoms with Gasteiger partial charge in [0.1, 0.15) is 16.9 Å². The summed E-state index contributed by atoms with van der Waals surface area (Å²) in [7, 11) is 1.84. The number of aryl methyl sites for hydroxylation is 2. The van der Waals surface area contributed by atoms with Crippen molar-refractivity contribution >= 4 is 33.5 Å². The summed E-state index contributed by atoms with van der Waals surface area (Å²) in [5.74, 6) is 0.0453. The fourth-order valence-corrected chi connectivity index (χ4v) is 4.74. The average molecular weight is 510 g/mol. The summed E-state index contributed by atoms with van der Waals surface area (Å²) < 4.78 is 13.8. The molecule has 5 aromatic rings. The van der Waals surface area contributed by atoms with Crippen LogP contribution in [0.4, 0.5) is 5.69 Å². The first-order chi connectivity index (χ1) is 18.0. The van der Waals surface area contributed by atoms with Crippen molar-refractivity contribution in [1.29, 1.82) is 0 Å². The molecule has 0 aliphatic heterocycles. The Morgan fingerprint density at radius 1 is 1.03 bits per heavy atom. The zero-order chi connectivity index (χ0) is 27.2. The fraction of sp³-hybridized carbons (Fsp3) is 0.258. The Hall–Kier alpha value is -4.39. The zero-order valence-electron chi connectivity index (χ0n) is 22.5. The average Bonchev–Trinajstić information content (AvgIpc) is 3.18. The normalized spacial score (nSPS) is 12.6. The Kier molecular flexibility index (Phi) is 6.31. The van der Waals surface area contributed by atoms with Crippen molar-refractivity contribution in [2.75, 3.05) is 5.32 Å². The third-order valence-electron chi connectivity index (χ3n) is 6.36. The highest BCUT2D eigenvalue weighted by molar-refractivity contribution is 5.96. The fourth-order valence-electron chi connectivity index (χ4n) is 4.74. The predicted molar refractivity (Wildman–Crippen MR) is 151 cm³/mol. The van der Waals surface area contributed by atoms with E-state index in [2.05, 4.69) is 10.4 Å². The van der Waals surface area contributed by atoms with Gasteiger partial charge < -0.3 is 14.5 Å². The van der Waals surface area contributed by atoms with Gasteiger partial charge in [0.2, 0.25) is 0 Å². The molecule has 2 heterocycles. The highest BCUT2D eigenvalue weighted by atomic mass is 16.6. The molecule has 0 aliphatic carbocycles. The first kappa shape index (κ1) is 25.3. The van der Waals surface area contributed by atoms with Crippen molar-refractivity contribution in [3.8, 4) is 11.5 Å². The molecule has 0 saturated carbocycles. The molecule has 1 unspecified atom stereocenters. The number of esters is 1. The molecule has 7 heteroatoms. The van der Waals surface area contributed by atoms with E-state index in [9.17, 15) is 9.59 Å². The van der Waals surface area contributed by atoms with Crippen LogP contribution in [0.1, 0.15) is 55.2 Å². The lowest BCUT2D eigenvalue weighted by atomic mass is 10.00. The summed E-state index contributed by atoms with van der Waals surface area (Å²) in [6.45, 7) is 9.45. The van der Waals surface area contributed by atoms with Gasteiger partial charge in [-0.05, 0) is 64.4 Å². The molecule has 5 rings (SSSR count). The van der Waals surface area contributed by atoms with E-state index in [0.717, 1.165) is 27.7 Å². The molecule has 0 saturated heterocycles. The molecule has 1 atom stereocenters. The molecule has 7 nitrogen and oxygen atoms in total. The van der Waals surface area contributed by atoms with Gasteiger partial charge in [-0.1, -0.05) is 36.4 Å². The van der Waals surface area contributed by atoms with Crippen LogP contribution in [-0.4, -0.2) is 21.4 Å². The van der Waals surface area contributed by atoms with Crippen LogP contribution in [0.15, 0.2) is 75.9 Å². The number of benzene rings is 3. The van der Waals surface area contributed by atoms with Crippen molar-refractivity contribution in [2.45, 2.75) is 46.3 Å². The molecule has 38 heavy (non-hydrogen) atoms. The molecule has 0 radical (unpaired) electrons. The molecule has 0 amide bonds. The minimum Gasteiger partial charge on any atom is -0.456 e. The third-order valence-corrected chi connectivity index (χ3v) is 6.36. The van der Waals surface area contributed by atoms with Crippen molar-refractivity contribution in [1.82, 2.24) is 9.78 Å². The summed E-state index contributed by atoms with van der Waals surface area (Å²) in [5, 5.41) is 9.43. The van der Waals surface area contributed by atoms with Crippen LogP contribution in [-0.2, 0) is 11.8 Å². The largest absolute Gasteiger partial charge is 0.456 e. The number of nitrogens with zero attached hydrogens (tertiary/aromatic N) is 2. The number of anilines is 1. The van der Waals surface area contributed by atoms with Gasteiger partial charge in [0.25, 0.3) is 0 Å². The molecule has 1 N–H and O–H groups in total. The van der Waals surface area contributed by atoms with Crippen molar-refractivity contribution < 1.29 is 13.9 Å². The van der Waals surface area contributed by atoms with Crippen molar-refractivity contribution in [3.63, 3.8) is 0 Å². The molecule has 2 aromatic heterocycles. The summed E-state index contributed by atoms with van der Waals surface area (Å²) in [4.78, 5) is 26.2. The number of ether oxygens (including phenoxy) is 1. The van der Waals surface area contributed by atoms with E-state index >= 15 is 0 Å². The van der Waals surface area contributed by atoms with Gasteiger partial charge >= 0.3 is 5.97 Å². The standard InChI is InChI=1S/C31H31N3O4/c1-18-15-22(19(2)32-24-13-9-8-12-21(24)30(36)38-31(3,4)5)29-23(16-18)26(35)17-27(37-29)28-20-11-7-10-14-25(20)33-34(28)6/h7-17,19,32H,1-6H3. The number of para-hydroxylation sites is 1. The monoisotopic (exact) mass is 509 g/mol. The topological polar surface area (TPSA) is 86.4 Å². The number of hydrogen-bond acceptors (Lipinski definition) is 6. The Balaban J connectivity index is 1.61. The summed E-state index contributed by atoms with van der Waals surface area (Å²) in [6.07, 6.45) is 0. The second-order valence-electron chi connectivity index (χ2n) is 10.6. The molecule has 0 fully saturated rings. The van der Waals surface area contributed by atoms with E-state index in [0.29, 0.717) is 28.0 Å². The number of nitrogens with one attached hydrogen (secondary N) is 1. The lowest BCUT2D eigenvalue weighted by molar-refractivity contribution is 0.00706. The number of carbonyl (C=O) groups is 1. The van der Waals surface area contributed by atoms with Gasteiger partial charge in [0.05, 0.1) is 22.5 Å². The van der Waals surface area contributed by atoms with Crippen LogP contribution in [0.2, 0.25) is 0 Å². The molecular formula is C31H31N3O4. The second-order valence-corrected chi connectivity index (χ2v) is 10.6. The van der Waals surface area contributed by atoms with Crippen LogP contribution in [0.3, 0.4) is 0 Å². The smallest absolute Gasteiger partial charge is 0.340 e. The second kappa shape index (κ2) is 9.49. The molecule has 0 spiro atoms. The lowest BCUT2D eigenvalue weighted by Crippen LogP contribution is -2.24. The van der Waals surface area contributed by atoms with E-state index in [-0.39, 0.29) is 11.5 Å². The van der Waals surface area contributed by atoms with E-state index < -0.39 is 11.6 Å². The van der Waals surface area contributed by atoms with Gasteiger partial charge in [0, 0.05) is 29.8 Å². The lowest BCUT2D eigenvalue weighted by Gasteiger charge is -2.22. The molecular weight excluding hydrogens is 478 g/mol. The highest BCUT2D eigenvalue weighted by Crippen LogP contribution is 2.33. The van der Waals surface area contributed by atoms with Gasteiger partial charge in [-0.3, -0.25) is 9.48 Å². The van der Waals surface area contributed by atoms with Crippen molar-refractivity contribution in [3.05, 3.63) is 93.6 Å². The van der Waals surface area contributed by atoms with E-state index in [4.69, 9.17) is 9.15 Å². The maximum Gasteiger partial charge on any atom is 0.340 e. The van der Waals surface area contributed by atoms with E-state index in [1.165, 1.54) is 6.07 Å².